The lowest BCUT2D eigenvalue weighted by atomic mass is 10.0. The highest BCUT2D eigenvalue weighted by Crippen LogP contribution is 2.39. The zero-order chi connectivity index (χ0) is 22.4. The highest BCUT2D eigenvalue weighted by molar-refractivity contribution is 6.01. The number of hydrogen-bond acceptors (Lipinski definition) is 6. The Kier molecular flexibility index (Phi) is 7.55. The minimum Gasteiger partial charge on any atom is -0.490 e. The highest BCUT2D eigenvalue weighted by Gasteiger charge is 2.24. The molecule has 0 spiro atoms. The first-order chi connectivity index (χ1) is 15.0. The lowest BCUT2D eigenvalue weighted by Gasteiger charge is -2.18. The molecule has 0 fully saturated rings. The predicted octanol–water partition coefficient (Wildman–Crippen LogP) is 4.80. The number of rotatable bonds is 10. The molecule has 0 saturated heterocycles. The van der Waals surface area contributed by atoms with Crippen LogP contribution in [0.4, 0.5) is 0 Å². The Hall–Kier alpha value is -3.02. The molecule has 6 heteroatoms. The summed E-state index contributed by atoms with van der Waals surface area (Å²) in [6, 6.07) is 8.86. The van der Waals surface area contributed by atoms with E-state index >= 15 is 0 Å². The molecule has 31 heavy (non-hydrogen) atoms. The molecule has 1 aliphatic rings. The standard InChI is InChI=1S/C25H30O6/c1-5-28-21-14-20(15-22(29-6-2)24(21)30-7-3)25(27)31-16(4)23(26)19-12-11-17-9-8-10-18(17)13-19/h11-16H,5-10H2,1-4H3/t16-/m0/s1. The molecule has 0 saturated carbocycles. The fourth-order valence-electron chi connectivity index (χ4n) is 3.75. The van der Waals surface area contributed by atoms with Crippen LogP contribution >= 0.6 is 0 Å². The molecule has 1 atom stereocenters. The maximum Gasteiger partial charge on any atom is 0.339 e. The van der Waals surface area contributed by atoms with Crippen molar-refractivity contribution in [2.24, 2.45) is 0 Å². The van der Waals surface area contributed by atoms with Crippen molar-refractivity contribution in [2.45, 2.75) is 53.1 Å². The van der Waals surface area contributed by atoms with Crippen LogP contribution in [0.1, 0.15) is 66.0 Å². The van der Waals surface area contributed by atoms with Crippen LogP contribution in [-0.4, -0.2) is 37.7 Å². The first-order valence-corrected chi connectivity index (χ1v) is 10.9. The summed E-state index contributed by atoms with van der Waals surface area (Å²) < 4.78 is 22.5. The van der Waals surface area contributed by atoms with Crippen LogP contribution in [0, 0.1) is 0 Å². The van der Waals surface area contributed by atoms with Gasteiger partial charge in [-0.05, 0) is 76.3 Å². The number of carbonyl (C=O) groups is 2. The summed E-state index contributed by atoms with van der Waals surface area (Å²) in [7, 11) is 0. The van der Waals surface area contributed by atoms with Crippen molar-refractivity contribution in [3.05, 3.63) is 52.6 Å². The summed E-state index contributed by atoms with van der Waals surface area (Å²) in [5, 5.41) is 0. The van der Waals surface area contributed by atoms with Gasteiger partial charge in [0, 0.05) is 5.56 Å². The Morgan fingerprint density at radius 2 is 1.45 bits per heavy atom. The van der Waals surface area contributed by atoms with E-state index in [9.17, 15) is 9.59 Å². The number of ether oxygens (including phenoxy) is 4. The molecule has 0 bridgehead atoms. The molecule has 0 amide bonds. The quantitative estimate of drug-likeness (QED) is 0.401. The van der Waals surface area contributed by atoms with E-state index in [0.29, 0.717) is 42.6 Å². The molecule has 0 heterocycles. The molecule has 0 radical (unpaired) electrons. The third-order valence-electron chi connectivity index (χ3n) is 5.18. The van der Waals surface area contributed by atoms with Gasteiger partial charge in [0.05, 0.1) is 25.4 Å². The zero-order valence-electron chi connectivity index (χ0n) is 18.7. The minimum atomic E-state index is -0.912. The lowest BCUT2D eigenvalue weighted by molar-refractivity contribution is 0.0318. The van der Waals surface area contributed by atoms with Crippen molar-refractivity contribution in [1.29, 1.82) is 0 Å². The Balaban J connectivity index is 1.80. The lowest BCUT2D eigenvalue weighted by Crippen LogP contribution is -2.24. The third kappa shape index (κ3) is 5.19. The van der Waals surface area contributed by atoms with E-state index in [1.54, 1.807) is 19.1 Å². The van der Waals surface area contributed by atoms with Gasteiger partial charge in [-0.1, -0.05) is 12.1 Å². The molecule has 0 unspecified atom stereocenters. The zero-order valence-corrected chi connectivity index (χ0v) is 18.7. The number of esters is 1. The van der Waals surface area contributed by atoms with Crippen molar-refractivity contribution in [3.63, 3.8) is 0 Å². The molecule has 1 aliphatic carbocycles. The molecule has 0 aliphatic heterocycles. The van der Waals surface area contributed by atoms with Crippen LogP contribution < -0.4 is 14.2 Å². The van der Waals surface area contributed by atoms with E-state index in [0.717, 1.165) is 19.3 Å². The molecule has 6 nitrogen and oxygen atoms in total. The molecule has 0 aromatic heterocycles. The van der Waals surface area contributed by atoms with E-state index in [2.05, 4.69) is 0 Å². The average molecular weight is 427 g/mol. The number of hydrogen-bond donors (Lipinski definition) is 0. The number of ketones is 1. The normalized spacial score (nSPS) is 13.3. The van der Waals surface area contributed by atoms with Gasteiger partial charge in [-0.25, -0.2) is 4.79 Å². The first kappa shape index (κ1) is 22.7. The Labute approximate surface area is 183 Å². The van der Waals surface area contributed by atoms with Crippen molar-refractivity contribution >= 4 is 11.8 Å². The van der Waals surface area contributed by atoms with Gasteiger partial charge in [0.1, 0.15) is 0 Å². The second-order valence-corrected chi connectivity index (χ2v) is 7.35. The summed E-state index contributed by atoms with van der Waals surface area (Å²) in [5.41, 5.74) is 3.31. The molecule has 0 N–H and O–H groups in total. The summed E-state index contributed by atoms with van der Waals surface area (Å²) in [5.74, 6) is 0.417. The van der Waals surface area contributed by atoms with E-state index in [1.807, 2.05) is 39.0 Å². The van der Waals surface area contributed by atoms with Crippen molar-refractivity contribution in [1.82, 2.24) is 0 Å². The second kappa shape index (κ2) is 10.3. The molecular formula is C25H30O6. The average Bonchev–Trinajstić information content (AvgIpc) is 3.23. The molecule has 166 valence electrons. The van der Waals surface area contributed by atoms with Crippen molar-refractivity contribution in [3.8, 4) is 17.2 Å². The van der Waals surface area contributed by atoms with Gasteiger partial charge in [-0.2, -0.15) is 0 Å². The number of benzene rings is 2. The van der Waals surface area contributed by atoms with Gasteiger partial charge in [0.15, 0.2) is 17.6 Å². The largest absolute Gasteiger partial charge is 0.490 e. The first-order valence-electron chi connectivity index (χ1n) is 10.9. The van der Waals surface area contributed by atoms with Crippen molar-refractivity contribution in [2.75, 3.05) is 19.8 Å². The molecule has 2 aromatic rings. The monoisotopic (exact) mass is 426 g/mol. The van der Waals surface area contributed by atoms with Gasteiger partial charge in [-0.3, -0.25) is 4.79 Å². The van der Waals surface area contributed by atoms with E-state index in [-0.39, 0.29) is 11.3 Å². The second-order valence-electron chi connectivity index (χ2n) is 7.35. The number of Topliss-reactive ketones (excluding diaryl/α,β-unsaturated/α-hetero) is 1. The maximum absolute atomic E-state index is 12.8. The molecule has 3 rings (SSSR count). The summed E-state index contributed by atoms with van der Waals surface area (Å²) in [6.07, 6.45) is 2.23. The highest BCUT2D eigenvalue weighted by atomic mass is 16.6. The van der Waals surface area contributed by atoms with E-state index < -0.39 is 12.1 Å². The number of aryl methyl sites for hydroxylation is 2. The van der Waals surface area contributed by atoms with E-state index in [1.165, 1.54) is 11.1 Å². The Bertz CT molecular complexity index is 922. The van der Waals surface area contributed by atoms with Gasteiger partial charge in [0.2, 0.25) is 11.5 Å². The summed E-state index contributed by atoms with van der Waals surface area (Å²) >= 11 is 0. The Morgan fingerprint density at radius 1 is 0.839 bits per heavy atom. The van der Waals surface area contributed by atoms with Crippen LogP contribution in [0.25, 0.3) is 0 Å². The van der Waals surface area contributed by atoms with E-state index in [4.69, 9.17) is 18.9 Å². The molecular weight excluding hydrogens is 396 g/mol. The maximum atomic E-state index is 12.8. The minimum absolute atomic E-state index is 0.218. The van der Waals surface area contributed by atoms with Gasteiger partial charge in [-0.15, -0.1) is 0 Å². The van der Waals surface area contributed by atoms with Crippen LogP contribution in [0.2, 0.25) is 0 Å². The number of carbonyl (C=O) groups excluding carboxylic acids is 2. The van der Waals surface area contributed by atoms with Gasteiger partial charge >= 0.3 is 5.97 Å². The predicted molar refractivity (Wildman–Crippen MR) is 118 cm³/mol. The smallest absolute Gasteiger partial charge is 0.339 e. The number of fused-ring (bicyclic) bond motifs is 1. The van der Waals surface area contributed by atoms with Gasteiger partial charge < -0.3 is 18.9 Å². The van der Waals surface area contributed by atoms with Gasteiger partial charge in [0.25, 0.3) is 0 Å². The fraction of sp³-hybridized carbons (Fsp3) is 0.440. The topological polar surface area (TPSA) is 71.1 Å². The Morgan fingerprint density at radius 3 is 2.06 bits per heavy atom. The summed E-state index contributed by atoms with van der Waals surface area (Å²) in [4.78, 5) is 25.7. The van der Waals surface area contributed by atoms with Crippen molar-refractivity contribution < 1.29 is 28.5 Å². The molecule has 2 aromatic carbocycles. The SMILES string of the molecule is CCOc1cc(C(=O)O[C@@H](C)C(=O)c2ccc3c(c2)CCC3)cc(OCC)c1OCC. The third-order valence-corrected chi connectivity index (χ3v) is 5.18. The van der Waals surface area contributed by atoms with Crippen LogP contribution in [0.3, 0.4) is 0 Å². The van der Waals surface area contributed by atoms with Crippen LogP contribution in [0.5, 0.6) is 17.2 Å². The van der Waals surface area contributed by atoms with Crippen LogP contribution in [0.15, 0.2) is 30.3 Å². The fourth-order valence-corrected chi connectivity index (χ4v) is 3.75. The summed E-state index contributed by atoms with van der Waals surface area (Å²) in [6.45, 7) is 8.37. The van der Waals surface area contributed by atoms with Crippen LogP contribution in [-0.2, 0) is 17.6 Å².